The third kappa shape index (κ3) is 3.63. The number of anilines is 1. The Morgan fingerprint density at radius 1 is 1.31 bits per heavy atom. The lowest BCUT2D eigenvalue weighted by molar-refractivity contribution is -0.141. The first kappa shape index (κ1) is 17.8. The number of aromatic nitrogens is 2. The van der Waals surface area contributed by atoms with Crippen molar-refractivity contribution in [2.45, 2.75) is 12.8 Å². The van der Waals surface area contributed by atoms with Gasteiger partial charge >= 0.3 is 5.97 Å². The van der Waals surface area contributed by atoms with Crippen molar-refractivity contribution in [3.05, 3.63) is 53.6 Å². The van der Waals surface area contributed by atoms with Gasteiger partial charge in [0.05, 0.1) is 11.5 Å². The van der Waals surface area contributed by atoms with E-state index in [1.165, 1.54) is 29.4 Å². The predicted molar refractivity (Wildman–Crippen MR) is 92.4 cm³/mol. The number of carboxylic acid groups (broad SMARTS) is 1. The molecule has 2 aromatic rings. The molecule has 8 heteroatoms. The zero-order valence-corrected chi connectivity index (χ0v) is 14.2. The molecule has 0 saturated carbocycles. The summed E-state index contributed by atoms with van der Waals surface area (Å²) in [6.07, 6.45) is 2.83. The number of aliphatic carboxylic acids is 1. The van der Waals surface area contributed by atoms with Gasteiger partial charge in [0.1, 0.15) is 5.82 Å². The molecule has 0 aliphatic carbocycles. The van der Waals surface area contributed by atoms with E-state index < -0.39 is 23.6 Å². The molecule has 2 heterocycles. The van der Waals surface area contributed by atoms with Crippen molar-refractivity contribution >= 4 is 17.8 Å². The number of nitrogens with zero attached hydrogens (tertiary/aromatic N) is 3. The van der Waals surface area contributed by atoms with Gasteiger partial charge in [0.25, 0.3) is 5.91 Å². The summed E-state index contributed by atoms with van der Waals surface area (Å²) in [5.41, 5.74) is 0.863. The van der Waals surface area contributed by atoms with Crippen LogP contribution in [-0.4, -0.2) is 51.5 Å². The molecule has 0 unspecified atom stereocenters. The second-order valence-electron chi connectivity index (χ2n) is 6.14. The van der Waals surface area contributed by atoms with Crippen molar-refractivity contribution in [1.29, 1.82) is 0 Å². The Balaban J connectivity index is 1.80. The fourth-order valence-electron chi connectivity index (χ4n) is 3.17. The van der Waals surface area contributed by atoms with Crippen LogP contribution in [0.25, 0.3) is 0 Å². The van der Waals surface area contributed by atoms with Crippen LogP contribution in [0.2, 0.25) is 0 Å². The van der Waals surface area contributed by atoms with Gasteiger partial charge in [-0.15, -0.1) is 0 Å². The molecule has 0 radical (unpaired) electrons. The Hall–Kier alpha value is -3.03. The molecule has 26 heavy (non-hydrogen) atoms. The molecule has 7 nitrogen and oxygen atoms in total. The van der Waals surface area contributed by atoms with Gasteiger partial charge in [-0.05, 0) is 24.6 Å². The largest absolute Gasteiger partial charge is 0.481 e. The third-order valence-corrected chi connectivity index (χ3v) is 4.43. The van der Waals surface area contributed by atoms with Crippen molar-refractivity contribution in [1.82, 2.24) is 14.9 Å². The highest BCUT2D eigenvalue weighted by molar-refractivity contribution is 5.94. The lowest BCUT2D eigenvalue weighted by Crippen LogP contribution is -2.30. The number of amides is 1. The summed E-state index contributed by atoms with van der Waals surface area (Å²) in [6, 6.07) is 5.86. The molecule has 3 rings (SSSR count). The zero-order valence-electron chi connectivity index (χ0n) is 14.2. The van der Waals surface area contributed by atoms with Gasteiger partial charge in [0.2, 0.25) is 5.95 Å². The van der Waals surface area contributed by atoms with Crippen molar-refractivity contribution in [3.63, 3.8) is 0 Å². The van der Waals surface area contributed by atoms with Gasteiger partial charge in [-0.3, -0.25) is 9.59 Å². The summed E-state index contributed by atoms with van der Waals surface area (Å²) < 4.78 is 13.5. The number of halogens is 1. The van der Waals surface area contributed by atoms with E-state index >= 15 is 0 Å². The number of benzene rings is 1. The molecule has 1 aromatic carbocycles. The maximum atomic E-state index is 13.5. The average molecular weight is 358 g/mol. The molecule has 136 valence electrons. The van der Waals surface area contributed by atoms with Gasteiger partial charge in [0, 0.05) is 37.9 Å². The molecule has 2 N–H and O–H groups in total. The topological polar surface area (TPSA) is 95.4 Å². The second-order valence-corrected chi connectivity index (χ2v) is 6.14. The van der Waals surface area contributed by atoms with E-state index in [9.17, 15) is 19.1 Å². The first-order valence-corrected chi connectivity index (χ1v) is 8.33. The van der Waals surface area contributed by atoms with Gasteiger partial charge in [-0.25, -0.2) is 14.4 Å². The molecule has 0 bridgehead atoms. The summed E-state index contributed by atoms with van der Waals surface area (Å²) in [7, 11) is 0. The van der Waals surface area contributed by atoms with Gasteiger partial charge in [-0.1, -0.05) is 12.1 Å². The highest BCUT2D eigenvalue weighted by Gasteiger charge is 2.40. The lowest BCUT2D eigenvalue weighted by Gasteiger charge is -2.16. The van der Waals surface area contributed by atoms with Crippen LogP contribution in [0, 0.1) is 11.7 Å². The minimum atomic E-state index is -1.01. The SMILES string of the molecule is CCNc1ncc(C(=O)N2C[C@@H](C(=O)O)[C@H](c3cccc(F)c3)C2)cn1. The van der Waals surface area contributed by atoms with Gasteiger partial charge < -0.3 is 15.3 Å². The van der Waals surface area contributed by atoms with Crippen LogP contribution in [0.3, 0.4) is 0 Å². The third-order valence-electron chi connectivity index (χ3n) is 4.43. The van der Waals surface area contributed by atoms with E-state index in [0.717, 1.165) is 0 Å². The fourth-order valence-corrected chi connectivity index (χ4v) is 3.17. The maximum Gasteiger partial charge on any atom is 0.308 e. The molecular formula is C18H19FN4O3. The molecule has 1 aliphatic heterocycles. The molecule has 0 spiro atoms. The summed E-state index contributed by atoms with van der Waals surface area (Å²) in [5, 5.41) is 12.5. The monoisotopic (exact) mass is 358 g/mol. The molecule has 1 fully saturated rings. The summed E-state index contributed by atoms with van der Waals surface area (Å²) >= 11 is 0. The Morgan fingerprint density at radius 3 is 2.65 bits per heavy atom. The normalized spacial score (nSPS) is 19.4. The van der Waals surface area contributed by atoms with E-state index in [1.807, 2.05) is 6.92 Å². The summed E-state index contributed by atoms with van der Waals surface area (Å²) in [6.45, 7) is 2.83. The van der Waals surface area contributed by atoms with Crippen LogP contribution < -0.4 is 5.32 Å². The van der Waals surface area contributed by atoms with Gasteiger partial charge in [-0.2, -0.15) is 0 Å². The van der Waals surface area contributed by atoms with Crippen LogP contribution >= 0.6 is 0 Å². The van der Waals surface area contributed by atoms with Crippen molar-refractivity contribution in [2.24, 2.45) is 5.92 Å². The number of carbonyl (C=O) groups is 2. The molecule has 2 atom stereocenters. The van der Waals surface area contributed by atoms with Crippen LogP contribution in [0.15, 0.2) is 36.7 Å². The maximum absolute atomic E-state index is 13.5. The Labute approximate surface area is 149 Å². The molecule has 1 saturated heterocycles. The van der Waals surface area contributed by atoms with E-state index in [4.69, 9.17) is 0 Å². The Bertz CT molecular complexity index is 812. The first-order valence-electron chi connectivity index (χ1n) is 8.33. The zero-order chi connectivity index (χ0) is 18.7. The van der Waals surface area contributed by atoms with E-state index in [1.54, 1.807) is 12.1 Å². The number of nitrogens with one attached hydrogen (secondary N) is 1. The quantitative estimate of drug-likeness (QED) is 0.849. The van der Waals surface area contributed by atoms with Crippen LogP contribution in [0.1, 0.15) is 28.8 Å². The lowest BCUT2D eigenvalue weighted by atomic mass is 9.89. The van der Waals surface area contributed by atoms with Crippen LogP contribution in [0.4, 0.5) is 10.3 Å². The number of hydrogen-bond donors (Lipinski definition) is 2. The Morgan fingerprint density at radius 2 is 2.04 bits per heavy atom. The predicted octanol–water partition coefficient (Wildman–Crippen LogP) is 1.99. The standard InChI is InChI=1S/C18H19FN4O3/c1-2-20-18-21-7-12(8-22-18)16(24)23-9-14(15(10-23)17(25)26)11-4-3-5-13(19)6-11/h3-8,14-15H,2,9-10H2,1H3,(H,25,26)(H,20,21,22)/t14-,15+/m0/s1. The van der Waals surface area contributed by atoms with Crippen molar-refractivity contribution < 1.29 is 19.1 Å². The Kier molecular flexibility index (Phi) is 5.11. The highest BCUT2D eigenvalue weighted by atomic mass is 19.1. The summed E-state index contributed by atoms with van der Waals surface area (Å²) in [5.74, 6) is -2.60. The molecule has 1 aromatic heterocycles. The summed E-state index contributed by atoms with van der Waals surface area (Å²) in [4.78, 5) is 33.9. The van der Waals surface area contributed by atoms with Crippen molar-refractivity contribution in [2.75, 3.05) is 25.0 Å². The van der Waals surface area contributed by atoms with Crippen molar-refractivity contribution in [3.8, 4) is 0 Å². The smallest absolute Gasteiger partial charge is 0.308 e. The average Bonchev–Trinajstić information content (AvgIpc) is 3.08. The van der Waals surface area contributed by atoms with Crippen LogP contribution in [-0.2, 0) is 4.79 Å². The van der Waals surface area contributed by atoms with E-state index in [2.05, 4.69) is 15.3 Å². The highest BCUT2D eigenvalue weighted by Crippen LogP contribution is 2.34. The minimum absolute atomic E-state index is 0.0598. The first-order chi connectivity index (χ1) is 12.5. The number of likely N-dealkylation sites (tertiary alicyclic amines) is 1. The number of rotatable bonds is 5. The number of carbonyl (C=O) groups excluding carboxylic acids is 1. The van der Waals surface area contributed by atoms with E-state index in [0.29, 0.717) is 18.1 Å². The molecular weight excluding hydrogens is 339 g/mol. The number of hydrogen-bond acceptors (Lipinski definition) is 5. The van der Waals surface area contributed by atoms with E-state index in [-0.39, 0.29) is 24.6 Å². The number of carboxylic acids is 1. The fraction of sp³-hybridized carbons (Fsp3) is 0.333. The molecule has 1 aliphatic rings. The molecule has 1 amide bonds. The van der Waals surface area contributed by atoms with Gasteiger partial charge in [0.15, 0.2) is 0 Å². The van der Waals surface area contributed by atoms with Crippen LogP contribution in [0.5, 0.6) is 0 Å². The minimum Gasteiger partial charge on any atom is -0.481 e. The second kappa shape index (κ2) is 7.47.